The predicted molar refractivity (Wildman–Crippen MR) is 84.2 cm³/mol. The number of nitrogens with zero attached hydrogens (tertiary/aromatic N) is 2. The van der Waals surface area contributed by atoms with Crippen LogP contribution < -0.4 is 5.32 Å². The molecule has 0 aliphatic rings. The number of hydrogen-bond donors (Lipinski definition) is 2. The lowest BCUT2D eigenvalue weighted by atomic mass is 10.2. The Morgan fingerprint density at radius 1 is 1.41 bits per heavy atom. The van der Waals surface area contributed by atoms with E-state index in [0.717, 1.165) is 10.7 Å². The highest BCUT2D eigenvalue weighted by Gasteiger charge is 2.15. The Bertz CT molecular complexity index is 900. The fourth-order valence-corrected chi connectivity index (χ4v) is 3.01. The van der Waals surface area contributed by atoms with Crippen LogP contribution >= 0.6 is 22.9 Å². The van der Waals surface area contributed by atoms with Crippen molar-refractivity contribution in [3.8, 4) is 0 Å². The largest absolute Gasteiger partial charge is 0.478 e. The molecule has 0 bridgehead atoms. The first-order valence-corrected chi connectivity index (χ1v) is 7.49. The van der Waals surface area contributed by atoms with Crippen LogP contribution in [0, 0.1) is 6.92 Å². The van der Waals surface area contributed by atoms with Gasteiger partial charge < -0.3 is 10.4 Å². The number of benzene rings is 1. The molecule has 0 aliphatic heterocycles. The number of aryl methyl sites for hydroxylation is 1. The molecule has 22 heavy (non-hydrogen) atoms. The van der Waals surface area contributed by atoms with E-state index in [-0.39, 0.29) is 16.3 Å². The van der Waals surface area contributed by atoms with E-state index in [2.05, 4.69) is 10.3 Å². The lowest BCUT2D eigenvalue weighted by Gasteiger charge is -2.05. The van der Waals surface area contributed by atoms with Crippen molar-refractivity contribution in [2.24, 2.45) is 0 Å². The van der Waals surface area contributed by atoms with E-state index in [1.165, 1.54) is 29.5 Å². The van der Waals surface area contributed by atoms with Gasteiger partial charge in [0.15, 0.2) is 4.96 Å². The molecule has 1 aromatic carbocycles. The van der Waals surface area contributed by atoms with Gasteiger partial charge in [0.25, 0.3) is 5.91 Å². The topological polar surface area (TPSA) is 83.7 Å². The Hall–Kier alpha value is -2.38. The summed E-state index contributed by atoms with van der Waals surface area (Å²) in [6.07, 6.45) is 1.64. The highest BCUT2D eigenvalue weighted by atomic mass is 35.5. The number of carboxylic acids is 1. The third-order valence-electron chi connectivity index (χ3n) is 3.08. The van der Waals surface area contributed by atoms with E-state index in [0.29, 0.717) is 5.69 Å². The Kier molecular flexibility index (Phi) is 3.59. The van der Waals surface area contributed by atoms with Gasteiger partial charge in [0.05, 0.1) is 10.6 Å². The summed E-state index contributed by atoms with van der Waals surface area (Å²) in [5.41, 5.74) is 1.54. The zero-order chi connectivity index (χ0) is 15.9. The number of carbonyl (C=O) groups excluding carboxylic acids is 1. The molecule has 2 aromatic heterocycles. The molecule has 0 saturated carbocycles. The average molecular weight is 336 g/mol. The van der Waals surface area contributed by atoms with Gasteiger partial charge in [0, 0.05) is 23.0 Å². The fourth-order valence-electron chi connectivity index (χ4n) is 1.97. The zero-order valence-electron chi connectivity index (χ0n) is 11.3. The third kappa shape index (κ3) is 2.56. The lowest BCUT2D eigenvalue weighted by molar-refractivity contribution is 0.0696. The quantitative estimate of drug-likeness (QED) is 0.769. The van der Waals surface area contributed by atoms with E-state index in [9.17, 15) is 9.59 Å². The molecule has 2 heterocycles. The second-order valence-electron chi connectivity index (χ2n) is 4.61. The first-order chi connectivity index (χ1) is 10.5. The van der Waals surface area contributed by atoms with Gasteiger partial charge in [-0.2, -0.15) is 0 Å². The molecule has 0 unspecified atom stereocenters. The first-order valence-electron chi connectivity index (χ1n) is 6.23. The van der Waals surface area contributed by atoms with Crippen molar-refractivity contribution in [2.45, 2.75) is 6.92 Å². The number of amides is 1. The smallest absolute Gasteiger partial charge is 0.337 e. The number of anilines is 1. The summed E-state index contributed by atoms with van der Waals surface area (Å²) < 4.78 is 1.82. The SMILES string of the molecule is Cc1csc2nc(C(=O)Nc3ccc(Cl)c(C(=O)O)c3)cn12. The van der Waals surface area contributed by atoms with Crippen molar-refractivity contribution < 1.29 is 14.7 Å². The number of fused-ring (bicyclic) bond motifs is 1. The number of hydrogen-bond acceptors (Lipinski definition) is 4. The first kappa shape index (κ1) is 14.6. The molecule has 0 spiro atoms. The molecule has 1 amide bonds. The number of nitrogens with one attached hydrogen (secondary N) is 1. The normalized spacial score (nSPS) is 10.8. The van der Waals surface area contributed by atoms with Crippen molar-refractivity contribution in [2.75, 3.05) is 5.32 Å². The van der Waals surface area contributed by atoms with E-state index in [4.69, 9.17) is 16.7 Å². The minimum Gasteiger partial charge on any atom is -0.478 e. The fraction of sp³-hybridized carbons (Fsp3) is 0.0714. The summed E-state index contributed by atoms with van der Waals surface area (Å²) in [4.78, 5) is 28.2. The molecular formula is C14H10ClN3O3S. The summed E-state index contributed by atoms with van der Waals surface area (Å²) in [6.45, 7) is 1.92. The van der Waals surface area contributed by atoms with E-state index < -0.39 is 11.9 Å². The summed E-state index contributed by atoms with van der Waals surface area (Å²) in [5.74, 6) is -1.56. The number of rotatable bonds is 3. The number of halogens is 1. The molecule has 0 atom stereocenters. The second-order valence-corrected chi connectivity index (χ2v) is 5.85. The molecule has 0 aliphatic carbocycles. The Labute approximate surface area is 134 Å². The van der Waals surface area contributed by atoms with Crippen LogP contribution in [0.4, 0.5) is 5.69 Å². The van der Waals surface area contributed by atoms with Crippen LogP contribution in [0.3, 0.4) is 0 Å². The van der Waals surface area contributed by atoms with Gasteiger partial charge in [0.1, 0.15) is 5.69 Å². The van der Waals surface area contributed by atoms with Crippen LogP contribution in [-0.2, 0) is 0 Å². The van der Waals surface area contributed by atoms with Crippen LogP contribution in [0.5, 0.6) is 0 Å². The van der Waals surface area contributed by atoms with Crippen molar-refractivity contribution in [3.05, 3.63) is 51.7 Å². The van der Waals surface area contributed by atoms with Gasteiger partial charge >= 0.3 is 5.97 Å². The van der Waals surface area contributed by atoms with Gasteiger partial charge in [-0.1, -0.05) is 11.6 Å². The van der Waals surface area contributed by atoms with Gasteiger partial charge in [-0.05, 0) is 25.1 Å². The summed E-state index contributed by atoms with van der Waals surface area (Å²) >= 11 is 7.24. The molecule has 6 nitrogen and oxygen atoms in total. The van der Waals surface area contributed by atoms with Gasteiger partial charge in [-0.15, -0.1) is 11.3 Å². The molecule has 8 heteroatoms. The number of aromatic carboxylic acids is 1. The molecular weight excluding hydrogens is 326 g/mol. The van der Waals surface area contributed by atoms with Gasteiger partial charge in [0.2, 0.25) is 0 Å². The number of imidazole rings is 1. The zero-order valence-corrected chi connectivity index (χ0v) is 12.9. The monoisotopic (exact) mass is 335 g/mol. The van der Waals surface area contributed by atoms with Crippen molar-refractivity contribution in [3.63, 3.8) is 0 Å². The Morgan fingerprint density at radius 3 is 2.86 bits per heavy atom. The minimum absolute atomic E-state index is 0.0684. The molecule has 0 radical (unpaired) electrons. The van der Waals surface area contributed by atoms with Crippen LogP contribution in [0.1, 0.15) is 26.5 Å². The number of aromatic nitrogens is 2. The van der Waals surface area contributed by atoms with Crippen LogP contribution in [0.15, 0.2) is 29.8 Å². The molecule has 3 aromatic rings. The molecule has 0 fully saturated rings. The highest BCUT2D eigenvalue weighted by Crippen LogP contribution is 2.21. The van der Waals surface area contributed by atoms with Gasteiger partial charge in [-0.3, -0.25) is 9.20 Å². The third-order valence-corrected chi connectivity index (χ3v) is 4.36. The number of carbonyl (C=O) groups is 2. The molecule has 112 valence electrons. The molecule has 3 rings (SSSR count). The van der Waals surface area contributed by atoms with Gasteiger partial charge in [-0.25, -0.2) is 9.78 Å². The highest BCUT2D eigenvalue weighted by molar-refractivity contribution is 7.15. The molecule has 2 N–H and O–H groups in total. The maximum absolute atomic E-state index is 12.2. The average Bonchev–Trinajstić information content (AvgIpc) is 3.03. The van der Waals surface area contributed by atoms with Crippen LogP contribution in [0.25, 0.3) is 4.96 Å². The summed E-state index contributed by atoms with van der Waals surface area (Å²) in [5, 5.41) is 13.7. The molecule has 0 saturated heterocycles. The number of carboxylic acid groups (broad SMARTS) is 1. The standard InChI is InChI=1S/C14H10ClN3O3S/c1-7-6-22-14-17-11(5-18(7)14)12(19)16-8-2-3-10(15)9(4-8)13(20)21/h2-6H,1H3,(H,16,19)(H,20,21). The Balaban J connectivity index is 1.87. The van der Waals surface area contributed by atoms with Crippen molar-refractivity contribution >= 4 is 45.5 Å². The van der Waals surface area contributed by atoms with E-state index >= 15 is 0 Å². The van der Waals surface area contributed by atoms with Crippen LogP contribution in [0.2, 0.25) is 5.02 Å². The minimum atomic E-state index is -1.15. The predicted octanol–water partition coefficient (Wildman–Crippen LogP) is 3.31. The van der Waals surface area contributed by atoms with Crippen molar-refractivity contribution in [1.82, 2.24) is 9.38 Å². The maximum Gasteiger partial charge on any atom is 0.337 e. The maximum atomic E-state index is 12.2. The van der Waals surface area contributed by atoms with Crippen LogP contribution in [-0.4, -0.2) is 26.4 Å². The number of thiazole rings is 1. The summed E-state index contributed by atoms with van der Waals surface area (Å²) in [6, 6.07) is 4.28. The second kappa shape index (κ2) is 5.43. The summed E-state index contributed by atoms with van der Waals surface area (Å²) in [7, 11) is 0. The van der Waals surface area contributed by atoms with E-state index in [1.807, 2.05) is 16.7 Å². The Morgan fingerprint density at radius 2 is 2.18 bits per heavy atom. The van der Waals surface area contributed by atoms with E-state index in [1.54, 1.807) is 6.20 Å². The lowest BCUT2D eigenvalue weighted by Crippen LogP contribution is -2.13. The van der Waals surface area contributed by atoms with Crippen molar-refractivity contribution in [1.29, 1.82) is 0 Å².